The van der Waals surface area contributed by atoms with Crippen LogP contribution >= 0.6 is 0 Å². The van der Waals surface area contributed by atoms with E-state index in [-0.39, 0.29) is 0 Å². The van der Waals surface area contributed by atoms with Gasteiger partial charge in [-0.1, -0.05) is 30.3 Å². The molecular weight excluding hydrogens is 308 g/mol. The molecule has 6 rings (SSSR count). The Morgan fingerprint density at radius 2 is 1.64 bits per heavy atom. The second-order valence-electron chi connectivity index (χ2n) is 8.39. The summed E-state index contributed by atoms with van der Waals surface area (Å²) in [7, 11) is 0. The summed E-state index contributed by atoms with van der Waals surface area (Å²) in [5.41, 5.74) is 3.31. The van der Waals surface area contributed by atoms with Gasteiger partial charge < -0.3 is 5.32 Å². The van der Waals surface area contributed by atoms with Crippen molar-refractivity contribution in [3.63, 3.8) is 0 Å². The normalized spacial score (nSPS) is 33.1. The largest absolute Gasteiger partial charge is 0.308 e. The molecule has 2 aromatic rings. The van der Waals surface area contributed by atoms with E-state index in [0.29, 0.717) is 6.04 Å². The second kappa shape index (κ2) is 6.24. The first-order valence-corrected chi connectivity index (χ1v) is 10.0. The summed E-state index contributed by atoms with van der Waals surface area (Å²) in [6, 6.07) is 11.2. The summed E-state index contributed by atoms with van der Waals surface area (Å²) in [5, 5.41) is 13.4. The number of nitrogens with zero attached hydrogens (tertiary/aromatic N) is 3. The quantitative estimate of drug-likeness (QED) is 0.901. The number of aromatic nitrogens is 3. The maximum Gasteiger partial charge on any atom is 0.117 e. The maximum atomic E-state index is 4.75. The number of hydrogen-bond donors (Lipinski definition) is 1. The van der Waals surface area contributed by atoms with Crippen LogP contribution in [0.5, 0.6) is 0 Å². The topological polar surface area (TPSA) is 42.7 Å². The zero-order valence-electron chi connectivity index (χ0n) is 15.1. The minimum Gasteiger partial charge on any atom is -0.308 e. The van der Waals surface area contributed by atoms with E-state index in [0.717, 1.165) is 48.1 Å². The van der Waals surface area contributed by atoms with Crippen molar-refractivity contribution in [2.24, 2.45) is 23.7 Å². The van der Waals surface area contributed by atoms with E-state index >= 15 is 0 Å². The average molecular weight is 336 g/mol. The van der Waals surface area contributed by atoms with Gasteiger partial charge in [-0.15, -0.1) is 0 Å². The van der Waals surface area contributed by atoms with Gasteiger partial charge in [-0.3, -0.25) is 0 Å². The lowest BCUT2D eigenvalue weighted by Gasteiger charge is -2.54. The van der Waals surface area contributed by atoms with Crippen LogP contribution in [-0.2, 0) is 13.1 Å². The van der Waals surface area contributed by atoms with E-state index in [1.807, 2.05) is 4.80 Å². The zero-order valence-corrected chi connectivity index (χ0v) is 15.1. The van der Waals surface area contributed by atoms with Crippen molar-refractivity contribution in [1.82, 2.24) is 20.3 Å². The van der Waals surface area contributed by atoms with Gasteiger partial charge in [0.05, 0.1) is 6.54 Å². The molecule has 0 radical (unpaired) electrons. The van der Waals surface area contributed by atoms with Gasteiger partial charge in [-0.25, -0.2) is 0 Å². The van der Waals surface area contributed by atoms with Gasteiger partial charge in [0, 0.05) is 18.2 Å². The minimum absolute atomic E-state index is 0.697. The average Bonchev–Trinajstić information content (AvgIpc) is 3.05. The van der Waals surface area contributed by atoms with Crippen LogP contribution in [0.1, 0.15) is 44.7 Å². The highest BCUT2D eigenvalue weighted by Gasteiger charge is 2.47. The van der Waals surface area contributed by atoms with Crippen molar-refractivity contribution in [3.05, 3.63) is 36.0 Å². The van der Waals surface area contributed by atoms with E-state index in [9.17, 15) is 0 Å². The van der Waals surface area contributed by atoms with Gasteiger partial charge in [0.2, 0.25) is 0 Å². The number of hydrogen-bond acceptors (Lipinski definition) is 3. The van der Waals surface area contributed by atoms with Crippen molar-refractivity contribution < 1.29 is 0 Å². The Bertz CT molecular complexity index is 708. The van der Waals surface area contributed by atoms with Crippen molar-refractivity contribution in [2.45, 2.75) is 58.2 Å². The highest BCUT2D eigenvalue weighted by atomic mass is 15.5. The van der Waals surface area contributed by atoms with Crippen LogP contribution in [0.25, 0.3) is 11.3 Å². The Kier molecular flexibility index (Phi) is 3.89. The van der Waals surface area contributed by atoms with Crippen LogP contribution in [-0.4, -0.2) is 21.0 Å². The molecule has 1 N–H and O–H groups in total. The minimum atomic E-state index is 0.697. The Morgan fingerprint density at radius 3 is 2.28 bits per heavy atom. The smallest absolute Gasteiger partial charge is 0.117 e. The molecule has 4 aliphatic carbocycles. The van der Waals surface area contributed by atoms with E-state index in [1.165, 1.54) is 37.7 Å². The molecule has 0 aliphatic heterocycles. The predicted octanol–water partition coefficient (Wildman–Crippen LogP) is 3.88. The van der Waals surface area contributed by atoms with E-state index < -0.39 is 0 Å². The summed E-state index contributed by atoms with van der Waals surface area (Å²) in [6.07, 6.45) is 7.34. The molecule has 0 unspecified atom stereocenters. The number of benzene rings is 1. The fraction of sp³-hybridized carbons (Fsp3) is 0.619. The van der Waals surface area contributed by atoms with Crippen molar-refractivity contribution in [3.8, 4) is 11.3 Å². The molecule has 1 aromatic carbocycles. The van der Waals surface area contributed by atoms with E-state index in [1.54, 1.807) is 0 Å². The molecule has 4 nitrogen and oxygen atoms in total. The summed E-state index contributed by atoms with van der Waals surface area (Å²) in [4.78, 5) is 1.83. The first-order valence-electron chi connectivity index (χ1n) is 10.0. The van der Waals surface area contributed by atoms with Crippen molar-refractivity contribution in [1.29, 1.82) is 0 Å². The standard InChI is InChI=1S/C21H28N4/c1-2-25-23-19(21(24-25)16-6-4-3-5-7-16)13-22-20-17-9-14-8-15(11-17)12-18(20)10-14/h3-7,14-15,17-18,20,22H,2,8-13H2,1H3. The van der Waals surface area contributed by atoms with Gasteiger partial charge in [0.1, 0.15) is 11.4 Å². The first-order chi connectivity index (χ1) is 12.3. The van der Waals surface area contributed by atoms with Crippen LogP contribution < -0.4 is 5.32 Å². The van der Waals surface area contributed by atoms with Gasteiger partial charge >= 0.3 is 0 Å². The van der Waals surface area contributed by atoms with Crippen LogP contribution in [0, 0.1) is 23.7 Å². The van der Waals surface area contributed by atoms with Gasteiger partial charge in [0.25, 0.3) is 0 Å². The fourth-order valence-electron chi connectivity index (χ4n) is 5.94. The second-order valence-corrected chi connectivity index (χ2v) is 8.39. The molecule has 0 atom stereocenters. The molecule has 4 saturated carbocycles. The molecule has 0 amide bonds. The van der Waals surface area contributed by atoms with Crippen molar-refractivity contribution >= 4 is 0 Å². The molecule has 1 heterocycles. The third kappa shape index (κ3) is 2.80. The van der Waals surface area contributed by atoms with Crippen molar-refractivity contribution in [2.75, 3.05) is 0 Å². The highest BCUT2D eigenvalue weighted by molar-refractivity contribution is 5.60. The van der Waals surface area contributed by atoms with Gasteiger partial charge in [-0.2, -0.15) is 15.0 Å². The van der Waals surface area contributed by atoms with Crippen LogP contribution in [0.4, 0.5) is 0 Å². The lowest BCUT2D eigenvalue weighted by atomic mass is 9.54. The number of rotatable bonds is 5. The molecular formula is C21H28N4. The molecule has 0 saturated heterocycles. The fourth-order valence-corrected chi connectivity index (χ4v) is 5.94. The van der Waals surface area contributed by atoms with Crippen LogP contribution in [0.15, 0.2) is 30.3 Å². The molecule has 132 valence electrons. The number of aryl methyl sites for hydroxylation is 1. The predicted molar refractivity (Wildman–Crippen MR) is 98.8 cm³/mol. The Balaban J connectivity index is 1.35. The summed E-state index contributed by atoms with van der Waals surface area (Å²) >= 11 is 0. The zero-order chi connectivity index (χ0) is 16.8. The summed E-state index contributed by atoms with van der Waals surface area (Å²) < 4.78 is 0. The molecule has 25 heavy (non-hydrogen) atoms. The molecule has 1 aromatic heterocycles. The van der Waals surface area contributed by atoms with Crippen LogP contribution in [0.2, 0.25) is 0 Å². The third-order valence-corrected chi connectivity index (χ3v) is 6.79. The van der Waals surface area contributed by atoms with Gasteiger partial charge in [-0.05, 0) is 62.7 Å². The third-order valence-electron chi connectivity index (χ3n) is 6.79. The maximum absolute atomic E-state index is 4.75. The Morgan fingerprint density at radius 1 is 0.960 bits per heavy atom. The highest BCUT2D eigenvalue weighted by Crippen LogP contribution is 2.53. The summed E-state index contributed by atoms with van der Waals surface area (Å²) in [6.45, 7) is 3.76. The monoisotopic (exact) mass is 336 g/mol. The molecule has 4 bridgehead atoms. The molecule has 4 fully saturated rings. The van der Waals surface area contributed by atoms with Crippen LogP contribution in [0.3, 0.4) is 0 Å². The lowest BCUT2D eigenvalue weighted by Crippen LogP contribution is -2.54. The Hall–Kier alpha value is -1.68. The lowest BCUT2D eigenvalue weighted by molar-refractivity contribution is -0.0143. The molecule has 4 heteroatoms. The molecule has 0 spiro atoms. The first kappa shape index (κ1) is 15.6. The summed E-state index contributed by atoms with van der Waals surface area (Å²) in [5.74, 6) is 3.86. The van der Waals surface area contributed by atoms with Gasteiger partial charge in [0.15, 0.2) is 0 Å². The SMILES string of the molecule is CCn1nc(CNC2C3CC4CC(C3)CC2C4)c(-c2ccccc2)n1. The molecule has 4 aliphatic rings. The Labute approximate surface area is 150 Å². The van der Waals surface area contributed by atoms with E-state index in [4.69, 9.17) is 10.2 Å². The number of nitrogens with one attached hydrogen (secondary N) is 1. The van der Waals surface area contributed by atoms with E-state index in [2.05, 4.69) is 42.6 Å².